The average molecular weight is 557 g/mol. The molecule has 1 aromatic heterocycles. The first-order chi connectivity index (χ1) is 18.3. The van der Waals surface area contributed by atoms with Crippen molar-refractivity contribution in [2.24, 2.45) is 0 Å². The highest BCUT2D eigenvalue weighted by atomic mass is 33.1. The predicted molar refractivity (Wildman–Crippen MR) is 153 cm³/mol. The fourth-order valence-electron chi connectivity index (χ4n) is 4.27. The fraction of sp³-hybridized carbons (Fsp3) is 0.379. The van der Waals surface area contributed by atoms with E-state index < -0.39 is 17.1 Å². The summed E-state index contributed by atoms with van der Waals surface area (Å²) in [7, 11) is 5.35. The Balaban J connectivity index is 1.73. The normalized spacial score (nSPS) is 15.0. The van der Waals surface area contributed by atoms with E-state index in [1.165, 1.54) is 12.2 Å². The molecular weight excluding hydrogens is 524 g/mol. The molecule has 202 valence electrons. The lowest BCUT2D eigenvalue weighted by Crippen LogP contribution is -2.16. The zero-order chi connectivity index (χ0) is 27.2. The van der Waals surface area contributed by atoms with E-state index in [1.54, 1.807) is 31.4 Å². The Kier molecular flexibility index (Phi) is 9.33. The molecule has 0 unspecified atom stereocenters. The number of methoxy groups -OCH3 is 1. The van der Waals surface area contributed by atoms with E-state index in [1.807, 2.05) is 41.5 Å². The molecule has 1 aliphatic rings. The molecule has 2 aromatic carbocycles. The van der Waals surface area contributed by atoms with Crippen molar-refractivity contribution in [3.63, 3.8) is 0 Å². The second-order valence-electron chi connectivity index (χ2n) is 9.45. The van der Waals surface area contributed by atoms with Crippen LogP contribution in [0.1, 0.15) is 51.5 Å². The Morgan fingerprint density at radius 1 is 1.16 bits per heavy atom. The summed E-state index contributed by atoms with van der Waals surface area (Å²) < 4.78 is 17.0. The summed E-state index contributed by atoms with van der Waals surface area (Å²) in [6.45, 7) is 3.84. The number of rotatable bonds is 10. The van der Waals surface area contributed by atoms with Crippen molar-refractivity contribution in [2.75, 3.05) is 12.9 Å². The van der Waals surface area contributed by atoms with Gasteiger partial charge in [-0.15, -0.1) is 0 Å². The van der Waals surface area contributed by atoms with Crippen LogP contribution in [-0.4, -0.2) is 34.3 Å². The zero-order valence-electron chi connectivity index (χ0n) is 21.7. The van der Waals surface area contributed by atoms with Gasteiger partial charge < -0.3 is 24.1 Å². The number of ether oxygens (including phenoxy) is 2. The summed E-state index contributed by atoms with van der Waals surface area (Å²) in [5.41, 5.74) is 1.22. The maximum absolute atomic E-state index is 13.7. The van der Waals surface area contributed by atoms with Crippen LogP contribution in [0.25, 0.3) is 22.3 Å². The van der Waals surface area contributed by atoms with Crippen molar-refractivity contribution in [3.8, 4) is 34.3 Å². The van der Waals surface area contributed by atoms with Crippen LogP contribution < -0.4 is 14.9 Å². The minimum Gasteiger partial charge on any atom is -0.507 e. The van der Waals surface area contributed by atoms with Gasteiger partial charge in [-0.2, -0.15) is 0 Å². The molecule has 4 rings (SSSR count). The molecule has 9 heteroatoms. The molecule has 2 heterocycles. The molecule has 1 aliphatic heterocycles. The highest BCUT2D eigenvalue weighted by Crippen LogP contribution is 2.41. The molecule has 1 fully saturated rings. The van der Waals surface area contributed by atoms with Gasteiger partial charge in [0.15, 0.2) is 5.76 Å². The summed E-state index contributed by atoms with van der Waals surface area (Å²) in [6.07, 6.45) is 6.13. The van der Waals surface area contributed by atoms with Gasteiger partial charge >= 0.3 is 5.97 Å². The van der Waals surface area contributed by atoms with Crippen LogP contribution in [0.15, 0.2) is 51.2 Å². The molecule has 0 aliphatic carbocycles. The van der Waals surface area contributed by atoms with Gasteiger partial charge in [0, 0.05) is 34.6 Å². The fourth-order valence-corrected chi connectivity index (χ4v) is 7.30. The van der Waals surface area contributed by atoms with Crippen molar-refractivity contribution in [1.29, 1.82) is 0 Å². The molecule has 0 radical (unpaired) electrons. The van der Waals surface area contributed by atoms with E-state index in [0.717, 1.165) is 24.5 Å². The maximum atomic E-state index is 13.7. The van der Waals surface area contributed by atoms with Crippen molar-refractivity contribution < 1.29 is 28.9 Å². The second kappa shape index (κ2) is 12.7. The summed E-state index contributed by atoms with van der Waals surface area (Å²) >= 11 is 0. The molecule has 2 N–H and O–H groups in total. The molecular formula is C29H32O7S2. The first-order valence-corrected chi connectivity index (χ1v) is 15.0. The topological polar surface area (TPSA) is 106 Å². The van der Waals surface area contributed by atoms with E-state index in [0.29, 0.717) is 28.5 Å². The Morgan fingerprint density at radius 3 is 2.58 bits per heavy atom. The van der Waals surface area contributed by atoms with Crippen LogP contribution >= 0.6 is 21.6 Å². The third kappa shape index (κ3) is 6.50. The van der Waals surface area contributed by atoms with Gasteiger partial charge in [-0.05, 0) is 63.8 Å². The monoisotopic (exact) mass is 556 g/mol. The van der Waals surface area contributed by atoms with Gasteiger partial charge in [0.1, 0.15) is 28.2 Å². The molecule has 7 nitrogen and oxygen atoms in total. The molecule has 1 saturated heterocycles. The minimum atomic E-state index is -0.680. The number of aromatic hydroxyl groups is 2. The number of hydrogen-bond donors (Lipinski definition) is 2. The first kappa shape index (κ1) is 28.0. The third-order valence-corrected chi connectivity index (χ3v) is 9.36. The Labute approximate surface area is 229 Å². The molecule has 3 aromatic rings. The van der Waals surface area contributed by atoms with Gasteiger partial charge in [-0.3, -0.25) is 9.59 Å². The molecule has 1 atom stereocenters. The van der Waals surface area contributed by atoms with E-state index in [4.69, 9.17) is 13.9 Å². The molecule has 0 saturated carbocycles. The number of phenolic OH excluding ortho intramolecular Hbond substituents is 2. The molecule has 0 amide bonds. The standard InChI is InChI=1S/C29H32O7S2/c1-17(2)8-13-21-22(30)16-23(31)25-26(33)29(35-24(32)7-5-4-6-20-14-15-37-38-20)27(36-28(21)25)18-9-11-19(34-3)12-10-18/h8-12,16,20,30-31H,4-7,13-15H2,1-3H3/t20-/m1/s1. The van der Waals surface area contributed by atoms with Crippen LogP contribution in [0, 0.1) is 0 Å². The number of benzene rings is 2. The lowest BCUT2D eigenvalue weighted by molar-refractivity contribution is -0.134. The quantitative estimate of drug-likeness (QED) is 0.118. The van der Waals surface area contributed by atoms with Gasteiger partial charge in [0.2, 0.25) is 11.2 Å². The van der Waals surface area contributed by atoms with E-state index in [2.05, 4.69) is 0 Å². The lowest BCUT2D eigenvalue weighted by Gasteiger charge is -2.14. The van der Waals surface area contributed by atoms with Crippen molar-refractivity contribution in [1.82, 2.24) is 0 Å². The van der Waals surface area contributed by atoms with Crippen LogP contribution in [-0.2, 0) is 11.2 Å². The number of hydrogen-bond acceptors (Lipinski definition) is 9. The summed E-state index contributed by atoms with van der Waals surface area (Å²) in [5, 5.41) is 21.7. The molecule has 0 spiro atoms. The molecule has 0 bridgehead atoms. The number of phenols is 2. The highest BCUT2D eigenvalue weighted by molar-refractivity contribution is 8.77. The third-order valence-electron chi connectivity index (χ3n) is 6.35. The number of carbonyl (C=O) groups is 1. The average Bonchev–Trinajstić information content (AvgIpc) is 3.41. The molecule has 38 heavy (non-hydrogen) atoms. The summed E-state index contributed by atoms with van der Waals surface area (Å²) in [5.74, 6) is 0.351. The van der Waals surface area contributed by atoms with Crippen molar-refractivity contribution in [3.05, 3.63) is 57.8 Å². The van der Waals surface area contributed by atoms with Gasteiger partial charge in [-0.1, -0.05) is 39.7 Å². The van der Waals surface area contributed by atoms with Crippen molar-refractivity contribution in [2.45, 2.75) is 57.6 Å². The SMILES string of the molecule is COc1ccc(-c2oc3c(CC=C(C)C)c(O)cc(O)c3c(=O)c2OC(=O)CCCC[C@@H]2CCSS2)cc1. The zero-order valence-corrected chi connectivity index (χ0v) is 23.4. The van der Waals surface area contributed by atoms with E-state index in [-0.39, 0.29) is 41.1 Å². The van der Waals surface area contributed by atoms with Crippen LogP contribution in [0.4, 0.5) is 0 Å². The van der Waals surface area contributed by atoms with E-state index >= 15 is 0 Å². The summed E-state index contributed by atoms with van der Waals surface area (Å²) in [6, 6.07) is 7.90. The Bertz CT molecular complexity index is 1380. The highest BCUT2D eigenvalue weighted by Gasteiger charge is 2.25. The number of fused-ring (bicyclic) bond motifs is 1. The van der Waals surface area contributed by atoms with Gasteiger partial charge in [0.05, 0.1) is 7.11 Å². The smallest absolute Gasteiger partial charge is 0.311 e. The van der Waals surface area contributed by atoms with E-state index in [9.17, 15) is 19.8 Å². The number of esters is 1. The predicted octanol–water partition coefficient (Wildman–Crippen LogP) is 7.01. The number of carbonyl (C=O) groups excluding carboxylic acids is 1. The number of allylic oxidation sites excluding steroid dienone is 2. The lowest BCUT2D eigenvalue weighted by atomic mass is 10.0. The minimum absolute atomic E-state index is 0.0429. The van der Waals surface area contributed by atoms with Crippen LogP contribution in [0.2, 0.25) is 0 Å². The van der Waals surface area contributed by atoms with Crippen LogP contribution in [0.3, 0.4) is 0 Å². The van der Waals surface area contributed by atoms with Crippen molar-refractivity contribution >= 4 is 38.5 Å². The van der Waals surface area contributed by atoms with Gasteiger partial charge in [0.25, 0.3) is 0 Å². The number of unbranched alkanes of at least 4 members (excludes halogenated alkanes) is 1. The Hall–Kier alpha value is -3.04. The Morgan fingerprint density at radius 2 is 1.92 bits per heavy atom. The first-order valence-electron chi connectivity index (χ1n) is 12.6. The van der Waals surface area contributed by atoms with Crippen LogP contribution in [0.5, 0.6) is 23.0 Å². The largest absolute Gasteiger partial charge is 0.507 e. The second-order valence-corrected chi connectivity index (χ2v) is 12.2. The summed E-state index contributed by atoms with van der Waals surface area (Å²) in [4.78, 5) is 26.5. The van der Waals surface area contributed by atoms with Gasteiger partial charge in [-0.25, -0.2) is 0 Å². The maximum Gasteiger partial charge on any atom is 0.311 e.